The van der Waals surface area contributed by atoms with Gasteiger partial charge in [0.15, 0.2) is 0 Å². The fourth-order valence-corrected chi connectivity index (χ4v) is 4.69. The molecule has 3 rings (SSSR count). The molecule has 1 radical (unpaired) electrons. The van der Waals surface area contributed by atoms with Gasteiger partial charge in [-0.2, -0.15) is 0 Å². The molecule has 0 aliphatic heterocycles. The van der Waals surface area contributed by atoms with Crippen LogP contribution in [0.1, 0.15) is 37.0 Å². The zero-order chi connectivity index (χ0) is 21.6. The molecule has 0 aliphatic rings. The zero-order valence-electron chi connectivity index (χ0n) is 17.8. The van der Waals surface area contributed by atoms with Gasteiger partial charge in [0.1, 0.15) is 12.3 Å². The molecule has 0 bridgehead atoms. The maximum absolute atomic E-state index is 13.1. The van der Waals surface area contributed by atoms with Crippen molar-refractivity contribution in [2.24, 2.45) is 0 Å². The Balaban J connectivity index is 2.03. The summed E-state index contributed by atoms with van der Waals surface area (Å²) in [5.41, 5.74) is 2.68. The number of hydrogen-bond donors (Lipinski definition) is 1. The molecular formula is C26H29NO2S+. The van der Waals surface area contributed by atoms with Crippen LogP contribution in [0.25, 0.3) is 0 Å². The average molecular weight is 420 g/mol. The van der Waals surface area contributed by atoms with E-state index < -0.39 is 15.4 Å². The minimum absolute atomic E-state index is 0.265. The van der Waals surface area contributed by atoms with Crippen LogP contribution in [-0.2, 0) is 15.4 Å². The molecule has 0 heterocycles. The summed E-state index contributed by atoms with van der Waals surface area (Å²) < 4.78 is 29.0. The van der Waals surface area contributed by atoms with Crippen molar-refractivity contribution in [3.8, 4) is 0 Å². The lowest BCUT2D eigenvalue weighted by Crippen LogP contribution is -2.42. The van der Waals surface area contributed by atoms with E-state index in [1.54, 1.807) is 12.1 Å². The summed E-state index contributed by atoms with van der Waals surface area (Å²) in [7, 11) is -3.64. The number of benzene rings is 3. The van der Waals surface area contributed by atoms with Crippen molar-refractivity contribution >= 4 is 10.0 Å². The SMILES string of the molecule is C[C](C)[CH+]CC(CNS(=O)(=O)c1ccc(C)cc1)(c1ccccc1)c1ccccc1. The quantitative estimate of drug-likeness (QED) is 0.468. The first-order chi connectivity index (χ1) is 14.3. The number of hydrogen-bond acceptors (Lipinski definition) is 2. The molecule has 0 spiro atoms. The fraction of sp³-hybridized carbons (Fsp3) is 0.231. The Morgan fingerprint density at radius 2 is 1.33 bits per heavy atom. The molecule has 3 aromatic rings. The Labute approximate surface area is 181 Å². The highest BCUT2D eigenvalue weighted by atomic mass is 32.2. The van der Waals surface area contributed by atoms with Crippen molar-refractivity contribution in [2.75, 3.05) is 6.54 Å². The van der Waals surface area contributed by atoms with Crippen molar-refractivity contribution < 1.29 is 8.42 Å². The first kappa shape index (κ1) is 22.1. The third kappa shape index (κ3) is 5.13. The molecule has 0 unspecified atom stereocenters. The molecule has 0 amide bonds. The third-order valence-electron chi connectivity index (χ3n) is 5.41. The van der Waals surface area contributed by atoms with E-state index in [1.807, 2.05) is 55.5 Å². The van der Waals surface area contributed by atoms with E-state index in [0.717, 1.165) is 16.7 Å². The van der Waals surface area contributed by atoms with Gasteiger partial charge in [-0.25, -0.2) is 13.1 Å². The van der Waals surface area contributed by atoms with Crippen molar-refractivity contribution in [3.05, 3.63) is 114 Å². The van der Waals surface area contributed by atoms with E-state index in [-0.39, 0.29) is 11.4 Å². The highest BCUT2D eigenvalue weighted by molar-refractivity contribution is 7.89. The molecule has 0 aromatic heterocycles. The lowest BCUT2D eigenvalue weighted by atomic mass is 9.70. The third-order valence-corrected chi connectivity index (χ3v) is 6.82. The van der Waals surface area contributed by atoms with E-state index in [4.69, 9.17) is 0 Å². The number of nitrogens with one attached hydrogen (secondary N) is 1. The summed E-state index contributed by atoms with van der Waals surface area (Å²) in [4.78, 5) is 0.283. The maximum Gasteiger partial charge on any atom is 0.240 e. The molecule has 30 heavy (non-hydrogen) atoms. The molecule has 0 atom stereocenters. The Bertz CT molecular complexity index is 988. The first-order valence-electron chi connectivity index (χ1n) is 10.1. The second-order valence-corrected chi connectivity index (χ2v) is 9.70. The summed E-state index contributed by atoms with van der Waals surface area (Å²) in [5.74, 6) is 1.20. The molecule has 0 saturated carbocycles. The summed E-state index contributed by atoms with van der Waals surface area (Å²) in [6.07, 6.45) is 2.87. The molecule has 0 fully saturated rings. The van der Waals surface area contributed by atoms with Crippen LogP contribution in [0.5, 0.6) is 0 Å². The van der Waals surface area contributed by atoms with Gasteiger partial charge >= 0.3 is 0 Å². The van der Waals surface area contributed by atoms with Crippen molar-refractivity contribution in [1.29, 1.82) is 0 Å². The fourth-order valence-electron chi connectivity index (χ4n) is 3.59. The Hall–Kier alpha value is -2.56. The van der Waals surface area contributed by atoms with Crippen LogP contribution in [0.15, 0.2) is 89.8 Å². The van der Waals surface area contributed by atoms with Gasteiger partial charge in [0.25, 0.3) is 0 Å². The number of rotatable bonds is 9. The Morgan fingerprint density at radius 1 is 0.833 bits per heavy atom. The summed E-state index contributed by atoms with van der Waals surface area (Å²) >= 11 is 0. The van der Waals surface area contributed by atoms with Crippen LogP contribution in [0.2, 0.25) is 0 Å². The topological polar surface area (TPSA) is 46.2 Å². The minimum atomic E-state index is -3.64. The molecule has 0 aliphatic carbocycles. The zero-order valence-corrected chi connectivity index (χ0v) is 18.6. The molecule has 1 N–H and O–H groups in total. The van der Waals surface area contributed by atoms with Crippen LogP contribution >= 0.6 is 0 Å². The van der Waals surface area contributed by atoms with Crippen molar-refractivity contribution in [1.82, 2.24) is 4.72 Å². The van der Waals surface area contributed by atoms with Gasteiger partial charge in [-0.15, -0.1) is 0 Å². The molecule has 3 nitrogen and oxygen atoms in total. The molecule has 3 aromatic carbocycles. The summed E-state index contributed by atoms with van der Waals surface area (Å²) in [6.45, 7) is 6.34. The Morgan fingerprint density at radius 3 is 1.80 bits per heavy atom. The summed E-state index contributed by atoms with van der Waals surface area (Å²) in [5, 5.41) is 0. The van der Waals surface area contributed by atoms with E-state index in [9.17, 15) is 8.42 Å². The van der Waals surface area contributed by atoms with E-state index in [0.29, 0.717) is 6.42 Å². The standard InChI is InChI=1S/C26H29NO2S/c1-21(2)18-19-26(23-10-6-4-7-11-23,24-12-8-5-9-13-24)20-27-30(28,29)25-16-14-22(3)15-17-25/h4-18,27H,19-20H2,1-3H3/q+1. The largest absolute Gasteiger partial charge is 0.240 e. The molecule has 155 valence electrons. The number of aryl methyl sites for hydroxylation is 1. The van der Waals surface area contributed by atoms with Crippen molar-refractivity contribution in [2.45, 2.75) is 37.5 Å². The lowest BCUT2D eigenvalue weighted by Gasteiger charge is -2.32. The first-order valence-corrected chi connectivity index (χ1v) is 11.6. The van der Waals surface area contributed by atoms with E-state index in [2.05, 4.69) is 49.3 Å². The maximum atomic E-state index is 13.1. The van der Waals surface area contributed by atoms with E-state index >= 15 is 0 Å². The molecule has 4 heteroatoms. The lowest BCUT2D eigenvalue weighted by molar-refractivity contribution is 0.485. The second kappa shape index (κ2) is 9.50. The number of sulfonamides is 1. The van der Waals surface area contributed by atoms with Crippen LogP contribution in [-0.4, -0.2) is 15.0 Å². The van der Waals surface area contributed by atoms with Crippen molar-refractivity contribution in [3.63, 3.8) is 0 Å². The summed E-state index contributed by atoms with van der Waals surface area (Å²) in [6, 6.07) is 27.2. The van der Waals surface area contributed by atoms with Gasteiger partial charge < -0.3 is 0 Å². The van der Waals surface area contributed by atoms with Gasteiger partial charge in [0.05, 0.1) is 16.7 Å². The normalized spacial score (nSPS) is 12.1. The Kier molecular flexibility index (Phi) is 7.01. The van der Waals surface area contributed by atoms with Crippen LogP contribution in [0, 0.1) is 19.3 Å². The van der Waals surface area contributed by atoms with Crippen LogP contribution in [0.4, 0.5) is 0 Å². The average Bonchev–Trinajstić information content (AvgIpc) is 2.75. The van der Waals surface area contributed by atoms with Gasteiger partial charge in [-0.05, 0) is 44.0 Å². The van der Waals surface area contributed by atoms with Gasteiger partial charge in [-0.3, -0.25) is 0 Å². The van der Waals surface area contributed by atoms with Gasteiger partial charge in [0.2, 0.25) is 10.0 Å². The molecular weight excluding hydrogens is 390 g/mol. The predicted octanol–water partition coefficient (Wildman–Crippen LogP) is 5.47. The van der Waals surface area contributed by atoms with Crippen LogP contribution < -0.4 is 4.72 Å². The minimum Gasteiger partial charge on any atom is -0.210 e. The smallest absolute Gasteiger partial charge is 0.210 e. The van der Waals surface area contributed by atoms with Gasteiger partial charge in [0, 0.05) is 6.54 Å². The molecule has 0 saturated heterocycles. The van der Waals surface area contributed by atoms with E-state index in [1.165, 1.54) is 5.92 Å². The second-order valence-electron chi connectivity index (χ2n) is 7.94. The van der Waals surface area contributed by atoms with Crippen LogP contribution in [0.3, 0.4) is 0 Å². The predicted molar refractivity (Wildman–Crippen MR) is 124 cm³/mol. The monoisotopic (exact) mass is 419 g/mol. The van der Waals surface area contributed by atoms with Gasteiger partial charge in [-0.1, -0.05) is 78.4 Å². The highest BCUT2D eigenvalue weighted by Gasteiger charge is 2.39. The highest BCUT2D eigenvalue weighted by Crippen LogP contribution is 2.37.